The van der Waals surface area contributed by atoms with Crippen molar-refractivity contribution in [1.29, 1.82) is 0 Å². The normalized spacial score (nSPS) is 16.1. The van der Waals surface area contributed by atoms with Crippen LogP contribution in [0.3, 0.4) is 0 Å². The van der Waals surface area contributed by atoms with E-state index in [-0.39, 0.29) is 12.0 Å². The van der Waals surface area contributed by atoms with Crippen molar-refractivity contribution >= 4 is 17.6 Å². The first-order valence-electron chi connectivity index (χ1n) is 8.06. The van der Waals surface area contributed by atoms with Gasteiger partial charge in [0.2, 0.25) is 5.88 Å². The third kappa shape index (κ3) is 4.93. The Kier molecular flexibility index (Phi) is 5.65. The number of aromatic nitrogens is 1. The van der Waals surface area contributed by atoms with Crippen molar-refractivity contribution < 1.29 is 28.9 Å². The standard InChI is InChI=1S/C18H18N2O6/c21-17(22)11-25-14-3-1-2-13(9-14)20-18(23)12-4-6-19-16(8-12)26-15-5-7-24-10-15/h1-4,6,8-9,15H,5,7,10-11H2,(H,20,23)(H,21,22). The molecule has 1 aromatic carbocycles. The molecule has 136 valence electrons. The van der Waals surface area contributed by atoms with E-state index in [1.54, 1.807) is 36.4 Å². The maximum Gasteiger partial charge on any atom is 0.341 e. The van der Waals surface area contributed by atoms with Crippen molar-refractivity contribution in [2.24, 2.45) is 0 Å². The first-order valence-corrected chi connectivity index (χ1v) is 8.06. The van der Waals surface area contributed by atoms with Gasteiger partial charge < -0.3 is 24.6 Å². The van der Waals surface area contributed by atoms with Gasteiger partial charge in [0, 0.05) is 36.0 Å². The molecule has 1 amide bonds. The van der Waals surface area contributed by atoms with E-state index in [0.717, 1.165) is 6.42 Å². The minimum atomic E-state index is -1.07. The summed E-state index contributed by atoms with van der Waals surface area (Å²) in [7, 11) is 0. The van der Waals surface area contributed by atoms with Gasteiger partial charge in [0.25, 0.3) is 5.91 Å². The van der Waals surface area contributed by atoms with Gasteiger partial charge in [-0.3, -0.25) is 4.79 Å². The van der Waals surface area contributed by atoms with Gasteiger partial charge in [-0.25, -0.2) is 9.78 Å². The van der Waals surface area contributed by atoms with Crippen molar-refractivity contribution in [3.05, 3.63) is 48.2 Å². The summed E-state index contributed by atoms with van der Waals surface area (Å²) in [6, 6.07) is 9.65. The van der Waals surface area contributed by atoms with E-state index in [4.69, 9.17) is 19.3 Å². The van der Waals surface area contributed by atoms with E-state index < -0.39 is 12.6 Å². The van der Waals surface area contributed by atoms with Crippen molar-refractivity contribution in [3.8, 4) is 11.6 Å². The minimum Gasteiger partial charge on any atom is -0.482 e. The molecular weight excluding hydrogens is 340 g/mol. The van der Waals surface area contributed by atoms with Gasteiger partial charge in [-0.2, -0.15) is 0 Å². The van der Waals surface area contributed by atoms with E-state index in [2.05, 4.69) is 10.3 Å². The highest BCUT2D eigenvalue weighted by atomic mass is 16.5. The highest BCUT2D eigenvalue weighted by molar-refractivity contribution is 6.04. The molecule has 0 radical (unpaired) electrons. The van der Waals surface area contributed by atoms with Crippen molar-refractivity contribution in [2.45, 2.75) is 12.5 Å². The van der Waals surface area contributed by atoms with Gasteiger partial charge in [-0.05, 0) is 18.2 Å². The third-order valence-electron chi connectivity index (χ3n) is 3.63. The summed E-state index contributed by atoms with van der Waals surface area (Å²) >= 11 is 0. The zero-order valence-corrected chi connectivity index (χ0v) is 13.9. The average molecular weight is 358 g/mol. The SMILES string of the molecule is O=C(O)COc1cccc(NC(=O)c2ccnc(OC3CCOC3)c2)c1. The lowest BCUT2D eigenvalue weighted by Gasteiger charge is -2.12. The number of carbonyl (C=O) groups is 2. The first kappa shape index (κ1) is 17.7. The Bertz CT molecular complexity index is 789. The van der Waals surface area contributed by atoms with Crippen LogP contribution >= 0.6 is 0 Å². The lowest BCUT2D eigenvalue weighted by atomic mass is 10.2. The Labute approximate surface area is 149 Å². The molecule has 26 heavy (non-hydrogen) atoms. The number of nitrogens with zero attached hydrogens (tertiary/aromatic N) is 1. The van der Waals surface area contributed by atoms with E-state index in [9.17, 15) is 9.59 Å². The molecular formula is C18H18N2O6. The number of pyridine rings is 1. The number of nitrogens with one attached hydrogen (secondary N) is 1. The molecule has 0 aliphatic carbocycles. The average Bonchev–Trinajstić information content (AvgIpc) is 3.13. The number of hydrogen-bond acceptors (Lipinski definition) is 6. The van der Waals surface area contributed by atoms with E-state index in [1.807, 2.05) is 0 Å². The molecule has 1 aliphatic heterocycles. The Morgan fingerprint density at radius 3 is 2.96 bits per heavy atom. The second-order valence-electron chi connectivity index (χ2n) is 5.65. The van der Waals surface area contributed by atoms with E-state index in [1.165, 1.54) is 6.20 Å². The molecule has 1 aliphatic rings. The molecule has 0 saturated carbocycles. The van der Waals surface area contributed by atoms with E-state index >= 15 is 0 Å². The summed E-state index contributed by atoms with van der Waals surface area (Å²) in [6.45, 7) is 0.722. The van der Waals surface area contributed by atoms with Gasteiger partial charge in [0.15, 0.2) is 6.61 Å². The van der Waals surface area contributed by atoms with Crippen LogP contribution in [0.5, 0.6) is 11.6 Å². The smallest absolute Gasteiger partial charge is 0.341 e. The first-order chi connectivity index (χ1) is 12.6. The topological polar surface area (TPSA) is 107 Å². The molecule has 1 atom stereocenters. The summed E-state index contributed by atoms with van der Waals surface area (Å²) in [6.07, 6.45) is 2.25. The summed E-state index contributed by atoms with van der Waals surface area (Å²) < 4.78 is 16.0. The number of carboxylic acid groups (broad SMARTS) is 1. The van der Waals surface area contributed by atoms with Crippen LogP contribution in [0.25, 0.3) is 0 Å². The number of anilines is 1. The Morgan fingerprint density at radius 2 is 2.19 bits per heavy atom. The van der Waals surface area contributed by atoms with Crippen molar-refractivity contribution in [3.63, 3.8) is 0 Å². The van der Waals surface area contributed by atoms with Gasteiger partial charge in [0.05, 0.1) is 13.2 Å². The highest BCUT2D eigenvalue weighted by Gasteiger charge is 2.18. The lowest BCUT2D eigenvalue weighted by Crippen LogP contribution is -2.17. The summed E-state index contributed by atoms with van der Waals surface area (Å²) in [4.78, 5) is 27.1. The zero-order chi connectivity index (χ0) is 18.4. The molecule has 0 spiro atoms. The molecule has 8 nitrogen and oxygen atoms in total. The molecule has 1 aromatic heterocycles. The van der Waals surface area contributed by atoms with Crippen LogP contribution in [-0.2, 0) is 9.53 Å². The number of amides is 1. The second-order valence-corrected chi connectivity index (χ2v) is 5.65. The molecule has 1 fully saturated rings. The van der Waals surface area contributed by atoms with Crippen LogP contribution in [-0.4, -0.2) is 47.9 Å². The Hall–Kier alpha value is -3.13. The fourth-order valence-corrected chi connectivity index (χ4v) is 2.40. The number of benzene rings is 1. The van der Waals surface area contributed by atoms with Gasteiger partial charge >= 0.3 is 5.97 Å². The second kappa shape index (κ2) is 8.30. The largest absolute Gasteiger partial charge is 0.482 e. The maximum absolute atomic E-state index is 12.4. The number of ether oxygens (including phenoxy) is 3. The number of carboxylic acids is 1. The predicted octanol–water partition coefficient (Wildman–Crippen LogP) is 1.97. The number of carbonyl (C=O) groups excluding carboxylic acids is 1. The number of rotatable bonds is 7. The van der Waals surface area contributed by atoms with Crippen LogP contribution in [0, 0.1) is 0 Å². The summed E-state index contributed by atoms with van der Waals surface area (Å²) in [5.41, 5.74) is 0.882. The number of hydrogen-bond donors (Lipinski definition) is 2. The van der Waals surface area contributed by atoms with Crippen LogP contribution in [0.15, 0.2) is 42.6 Å². The van der Waals surface area contributed by atoms with Crippen LogP contribution in [0.1, 0.15) is 16.8 Å². The highest BCUT2D eigenvalue weighted by Crippen LogP contribution is 2.20. The maximum atomic E-state index is 12.4. The van der Waals surface area contributed by atoms with Crippen LogP contribution in [0.4, 0.5) is 5.69 Å². The van der Waals surface area contributed by atoms with Crippen molar-refractivity contribution in [1.82, 2.24) is 4.98 Å². The molecule has 8 heteroatoms. The van der Waals surface area contributed by atoms with Gasteiger partial charge in [0.1, 0.15) is 11.9 Å². The molecule has 1 unspecified atom stereocenters. The molecule has 3 rings (SSSR count). The third-order valence-corrected chi connectivity index (χ3v) is 3.63. The monoisotopic (exact) mass is 358 g/mol. The lowest BCUT2D eigenvalue weighted by molar-refractivity contribution is -0.139. The molecule has 0 bridgehead atoms. The van der Waals surface area contributed by atoms with Gasteiger partial charge in [-0.15, -0.1) is 0 Å². The predicted molar refractivity (Wildman–Crippen MR) is 91.6 cm³/mol. The van der Waals surface area contributed by atoms with E-state index in [0.29, 0.717) is 36.1 Å². The Morgan fingerprint density at radius 1 is 1.31 bits per heavy atom. The molecule has 2 aromatic rings. The van der Waals surface area contributed by atoms with Crippen LogP contribution in [0.2, 0.25) is 0 Å². The summed E-state index contributed by atoms with van der Waals surface area (Å²) in [5, 5.41) is 11.4. The fraction of sp³-hybridized carbons (Fsp3) is 0.278. The molecule has 2 heterocycles. The Balaban J connectivity index is 1.64. The quantitative estimate of drug-likeness (QED) is 0.779. The molecule has 2 N–H and O–H groups in total. The number of aliphatic carboxylic acids is 1. The minimum absolute atomic E-state index is 0.0520. The van der Waals surface area contributed by atoms with Crippen LogP contribution < -0.4 is 14.8 Å². The molecule has 1 saturated heterocycles. The fourth-order valence-electron chi connectivity index (χ4n) is 2.40. The van der Waals surface area contributed by atoms with Crippen molar-refractivity contribution in [2.75, 3.05) is 25.1 Å². The summed E-state index contributed by atoms with van der Waals surface area (Å²) in [5.74, 6) is -0.691. The zero-order valence-electron chi connectivity index (χ0n) is 13.9. The van der Waals surface area contributed by atoms with Gasteiger partial charge in [-0.1, -0.05) is 6.07 Å².